The summed E-state index contributed by atoms with van der Waals surface area (Å²) in [4.78, 5) is 19.6. The summed E-state index contributed by atoms with van der Waals surface area (Å²) >= 11 is 0. The standard InChI is InChI=1S/C23H23F4N3O2/c1-3-29(2)22(31)20-15-32-21(28-20)14-30(12-16-8-10-18(24)11-9-16)13-17-6-4-5-7-19(17)23(25,26)27/h4-11,15H,3,12-14H2,1-2H3. The topological polar surface area (TPSA) is 49.6 Å². The Morgan fingerprint density at radius 3 is 2.38 bits per heavy atom. The number of amides is 1. The van der Waals surface area contributed by atoms with Crippen LogP contribution >= 0.6 is 0 Å². The number of halogens is 4. The van der Waals surface area contributed by atoms with Crippen molar-refractivity contribution in [3.8, 4) is 0 Å². The van der Waals surface area contributed by atoms with E-state index >= 15 is 0 Å². The summed E-state index contributed by atoms with van der Waals surface area (Å²) in [5, 5.41) is 0. The molecule has 0 saturated heterocycles. The van der Waals surface area contributed by atoms with Gasteiger partial charge in [-0.15, -0.1) is 0 Å². The van der Waals surface area contributed by atoms with Crippen molar-refractivity contribution in [2.24, 2.45) is 0 Å². The minimum absolute atomic E-state index is 0.0480. The van der Waals surface area contributed by atoms with Gasteiger partial charge in [-0.25, -0.2) is 9.37 Å². The first kappa shape index (κ1) is 23.5. The summed E-state index contributed by atoms with van der Waals surface area (Å²) in [7, 11) is 1.63. The van der Waals surface area contributed by atoms with Crippen LogP contribution in [0.15, 0.2) is 59.2 Å². The predicted molar refractivity (Wildman–Crippen MR) is 110 cm³/mol. The van der Waals surface area contributed by atoms with Gasteiger partial charge in [-0.1, -0.05) is 30.3 Å². The monoisotopic (exact) mass is 449 g/mol. The van der Waals surface area contributed by atoms with Crippen LogP contribution in [0.2, 0.25) is 0 Å². The summed E-state index contributed by atoms with van der Waals surface area (Å²) in [6.45, 7) is 2.56. The highest BCUT2D eigenvalue weighted by atomic mass is 19.4. The molecule has 0 saturated carbocycles. The van der Waals surface area contributed by atoms with E-state index in [1.54, 1.807) is 30.1 Å². The predicted octanol–water partition coefficient (Wildman–Crippen LogP) is 5.13. The highest BCUT2D eigenvalue weighted by Crippen LogP contribution is 2.32. The molecule has 0 aliphatic heterocycles. The minimum Gasteiger partial charge on any atom is -0.447 e. The summed E-state index contributed by atoms with van der Waals surface area (Å²) in [6.07, 6.45) is -3.26. The molecule has 0 spiro atoms. The van der Waals surface area contributed by atoms with Crippen molar-refractivity contribution < 1.29 is 26.8 Å². The first-order valence-corrected chi connectivity index (χ1v) is 9.99. The fraction of sp³-hybridized carbons (Fsp3) is 0.304. The van der Waals surface area contributed by atoms with E-state index in [4.69, 9.17) is 4.42 Å². The second-order valence-corrected chi connectivity index (χ2v) is 7.37. The van der Waals surface area contributed by atoms with Gasteiger partial charge in [0.2, 0.25) is 5.89 Å². The third kappa shape index (κ3) is 5.94. The maximum Gasteiger partial charge on any atom is 0.416 e. The second-order valence-electron chi connectivity index (χ2n) is 7.37. The van der Waals surface area contributed by atoms with Gasteiger partial charge in [0.1, 0.15) is 12.1 Å². The number of oxazole rings is 1. The van der Waals surface area contributed by atoms with Crippen LogP contribution in [0.5, 0.6) is 0 Å². The number of rotatable bonds is 8. The van der Waals surface area contributed by atoms with Crippen LogP contribution in [0, 0.1) is 5.82 Å². The van der Waals surface area contributed by atoms with Crippen molar-refractivity contribution in [2.45, 2.75) is 32.7 Å². The largest absolute Gasteiger partial charge is 0.447 e. The molecular formula is C23H23F4N3O2. The molecule has 0 fully saturated rings. The van der Waals surface area contributed by atoms with Crippen molar-refractivity contribution in [1.82, 2.24) is 14.8 Å². The molecule has 3 aromatic rings. The normalized spacial score (nSPS) is 11.7. The molecule has 3 rings (SSSR count). The Balaban J connectivity index is 1.86. The molecule has 0 radical (unpaired) electrons. The Labute approximate surface area is 183 Å². The Hall–Kier alpha value is -3.20. The molecule has 1 heterocycles. The minimum atomic E-state index is -4.49. The summed E-state index contributed by atoms with van der Waals surface area (Å²) in [5.41, 5.74) is 0.207. The Morgan fingerprint density at radius 1 is 1.03 bits per heavy atom. The van der Waals surface area contributed by atoms with E-state index < -0.39 is 17.6 Å². The van der Waals surface area contributed by atoms with Crippen molar-refractivity contribution in [3.05, 3.63) is 88.9 Å². The van der Waals surface area contributed by atoms with Crippen molar-refractivity contribution in [2.75, 3.05) is 13.6 Å². The van der Waals surface area contributed by atoms with Crippen LogP contribution in [0.25, 0.3) is 0 Å². The molecule has 5 nitrogen and oxygen atoms in total. The number of nitrogens with zero attached hydrogens (tertiary/aromatic N) is 3. The van der Waals surface area contributed by atoms with Gasteiger partial charge < -0.3 is 9.32 Å². The van der Waals surface area contributed by atoms with Crippen LogP contribution in [-0.2, 0) is 25.8 Å². The molecule has 0 unspecified atom stereocenters. The SMILES string of the molecule is CCN(C)C(=O)c1coc(CN(Cc2ccc(F)cc2)Cc2ccccc2C(F)(F)F)n1. The number of benzene rings is 2. The van der Waals surface area contributed by atoms with Crippen LogP contribution in [0.4, 0.5) is 17.6 Å². The van der Waals surface area contributed by atoms with Gasteiger partial charge in [0.15, 0.2) is 5.69 Å². The lowest BCUT2D eigenvalue weighted by molar-refractivity contribution is -0.138. The smallest absolute Gasteiger partial charge is 0.416 e. The number of hydrogen-bond acceptors (Lipinski definition) is 4. The van der Waals surface area contributed by atoms with Gasteiger partial charge in [0, 0.05) is 26.7 Å². The number of carbonyl (C=O) groups is 1. The van der Waals surface area contributed by atoms with E-state index in [0.717, 1.165) is 6.07 Å². The molecule has 0 bridgehead atoms. The van der Waals surface area contributed by atoms with Gasteiger partial charge in [0.05, 0.1) is 12.1 Å². The number of aromatic nitrogens is 1. The first-order valence-electron chi connectivity index (χ1n) is 9.99. The van der Waals surface area contributed by atoms with Gasteiger partial charge in [-0.05, 0) is 36.2 Å². The third-order valence-corrected chi connectivity index (χ3v) is 4.99. The summed E-state index contributed by atoms with van der Waals surface area (Å²) in [6, 6.07) is 11.1. The Bertz CT molecular complexity index is 1050. The highest BCUT2D eigenvalue weighted by Gasteiger charge is 2.33. The van der Waals surface area contributed by atoms with Gasteiger partial charge >= 0.3 is 6.18 Å². The zero-order chi connectivity index (χ0) is 23.3. The average molecular weight is 449 g/mol. The molecule has 0 N–H and O–H groups in total. The third-order valence-electron chi connectivity index (χ3n) is 4.99. The van der Waals surface area contributed by atoms with Gasteiger partial charge in [-0.2, -0.15) is 13.2 Å². The number of hydrogen-bond donors (Lipinski definition) is 0. The molecule has 170 valence electrons. The number of carbonyl (C=O) groups excluding carboxylic acids is 1. The van der Waals surface area contributed by atoms with E-state index in [9.17, 15) is 22.4 Å². The molecule has 0 aliphatic carbocycles. The fourth-order valence-corrected chi connectivity index (χ4v) is 3.20. The molecule has 1 aromatic heterocycles. The molecule has 1 amide bonds. The highest BCUT2D eigenvalue weighted by molar-refractivity contribution is 5.91. The zero-order valence-electron chi connectivity index (χ0n) is 17.7. The number of alkyl halides is 3. The summed E-state index contributed by atoms with van der Waals surface area (Å²) in [5.74, 6) is -0.516. The van der Waals surface area contributed by atoms with Crippen molar-refractivity contribution >= 4 is 5.91 Å². The molecule has 32 heavy (non-hydrogen) atoms. The van der Waals surface area contributed by atoms with Gasteiger partial charge in [0.25, 0.3) is 5.91 Å². The van der Waals surface area contributed by atoms with E-state index in [1.807, 2.05) is 6.92 Å². The van der Waals surface area contributed by atoms with Crippen LogP contribution in [0.1, 0.15) is 40.0 Å². The zero-order valence-corrected chi connectivity index (χ0v) is 17.7. The lowest BCUT2D eigenvalue weighted by Gasteiger charge is -2.23. The molecule has 0 aliphatic rings. The second kappa shape index (κ2) is 9.95. The van der Waals surface area contributed by atoms with Crippen molar-refractivity contribution in [1.29, 1.82) is 0 Å². The molecule has 0 atom stereocenters. The lowest BCUT2D eigenvalue weighted by Crippen LogP contribution is -2.27. The maximum atomic E-state index is 13.5. The Morgan fingerprint density at radius 2 is 1.72 bits per heavy atom. The van der Waals surface area contributed by atoms with E-state index in [-0.39, 0.29) is 42.7 Å². The van der Waals surface area contributed by atoms with Crippen LogP contribution in [-0.4, -0.2) is 34.3 Å². The average Bonchev–Trinajstić information content (AvgIpc) is 3.22. The molecule has 9 heteroatoms. The van der Waals surface area contributed by atoms with Crippen LogP contribution < -0.4 is 0 Å². The van der Waals surface area contributed by atoms with Crippen molar-refractivity contribution in [3.63, 3.8) is 0 Å². The first-order chi connectivity index (χ1) is 15.2. The van der Waals surface area contributed by atoms with Gasteiger partial charge in [-0.3, -0.25) is 9.69 Å². The molecular weight excluding hydrogens is 426 g/mol. The lowest BCUT2D eigenvalue weighted by atomic mass is 10.1. The van der Waals surface area contributed by atoms with E-state index in [1.165, 1.54) is 35.4 Å². The maximum absolute atomic E-state index is 13.5. The van der Waals surface area contributed by atoms with E-state index in [2.05, 4.69) is 4.98 Å². The summed E-state index contributed by atoms with van der Waals surface area (Å²) < 4.78 is 59.1. The quantitative estimate of drug-likeness (QED) is 0.448. The fourth-order valence-electron chi connectivity index (χ4n) is 3.20. The van der Waals surface area contributed by atoms with Crippen LogP contribution in [0.3, 0.4) is 0 Å². The molecule has 2 aromatic carbocycles. The Kier molecular flexibility index (Phi) is 7.29. The van der Waals surface area contributed by atoms with E-state index in [0.29, 0.717) is 12.1 Å².